The van der Waals surface area contributed by atoms with Crippen molar-refractivity contribution in [2.45, 2.75) is 13.0 Å². The number of nitrogens with zero attached hydrogens (tertiary/aromatic N) is 2. The van der Waals surface area contributed by atoms with Gasteiger partial charge in [0.05, 0.1) is 18.4 Å². The van der Waals surface area contributed by atoms with E-state index in [1.54, 1.807) is 6.08 Å². The molecule has 0 unspecified atom stereocenters. The second kappa shape index (κ2) is 6.30. The molecule has 0 saturated carbocycles. The molecule has 0 aromatic carbocycles. The first kappa shape index (κ1) is 12.7. The number of aromatic nitrogens is 2. The lowest BCUT2D eigenvalue weighted by molar-refractivity contribution is 0.652. The van der Waals surface area contributed by atoms with Gasteiger partial charge in [-0.3, -0.25) is 4.79 Å². The number of rotatable bonds is 6. The van der Waals surface area contributed by atoms with Crippen molar-refractivity contribution in [1.29, 1.82) is 0 Å². The molecule has 0 fully saturated rings. The van der Waals surface area contributed by atoms with Crippen molar-refractivity contribution in [1.82, 2.24) is 9.78 Å². The maximum absolute atomic E-state index is 11.7. The Labute approximate surface area is 98.9 Å². The number of anilines is 1. The standard InChI is InChI=1S/C10H15ClN4O/c1-2-6-15-10(16)9(11)8(7-14-15)13-5-3-4-12/h2,7,13H,1,3-6,12H2. The van der Waals surface area contributed by atoms with E-state index < -0.39 is 0 Å². The lowest BCUT2D eigenvalue weighted by Crippen LogP contribution is -2.24. The summed E-state index contributed by atoms with van der Waals surface area (Å²) in [5, 5.41) is 7.12. The van der Waals surface area contributed by atoms with Crippen LogP contribution >= 0.6 is 11.6 Å². The third-order valence-corrected chi connectivity index (χ3v) is 2.35. The molecule has 0 bridgehead atoms. The summed E-state index contributed by atoms with van der Waals surface area (Å²) in [5.74, 6) is 0. The largest absolute Gasteiger partial charge is 0.382 e. The molecule has 16 heavy (non-hydrogen) atoms. The van der Waals surface area contributed by atoms with E-state index in [1.165, 1.54) is 10.9 Å². The molecule has 6 heteroatoms. The van der Waals surface area contributed by atoms with E-state index in [0.29, 0.717) is 25.3 Å². The lowest BCUT2D eigenvalue weighted by Gasteiger charge is -2.08. The topological polar surface area (TPSA) is 72.9 Å². The molecule has 0 aliphatic heterocycles. The molecule has 0 aliphatic carbocycles. The fraction of sp³-hybridized carbons (Fsp3) is 0.400. The summed E-state index contributed by atoms with van der Waals surface area (Å²) in [6.07, 6.45) is 3.93. The number of nitrogens with one attached hydrogen (secondary N) is 1. The third kappa shape index (κ3) is 3.08. The van der Waals surface area contributed by atoms with Gasteiger partial charge in [-0.25, -0.2) is 4.68 Å². The minimum absolute atomic E-state index is 0.147. The first-order valence-corrected chi connectivity index (χ1v) is 5.39. The zero-order valence-electron chi connectivity index (χ0n) is 8.95. The van der Waals surface area contributed by atoms with E-state index >= 15 is 0 Å². The summed E-state index contributed by atoms with van der Waals surface area (Å²) in [5.41, 5.74) is 5.58. The van der Waals surface area contributed by atoms with Crippen LogP contribution in [0.4, 0.5) is 5.69 Å². The smallest absolute Gasteiger partial charge is 0.287 e. The number of halogens is 1. The van der Waals surface area contributed by atoms with Gasteiger partial charge < -0.3 is 11.1 Å². The van der Waals surface area contributed by atoms with Crippen LogP contribution in [0.2, 0.25) is 5.02 Å². The van der Waals surface area contributed by atoms with Crippen molar-refractivity contribution >= 4 is 17.3 Å². The number of nitrogens with two attached hydrogens (primary N) is 1. The highest BCUT2D eigenvalue weighted by atomic mass is 35.5. The summed E-state index contributed by atoms with van der Waals surface area (Å²) in [6.45, 7) is 5.14. The van der Waals surface area contributed by atoms with Crippen LogP contribution in [0.3, 0.4) is 0 Å². The molecule has 0 radical (unpaired) electrons. The highest BCUT2D eigenvalue weighted by molar-refractivity contribution is 6.32. The predicted molar refractivity (Wildman–Crippen MR) is 65.9 cm³/mol. The lowest BCUT2D eigenvalue weighted by atomic mass is 10.4. The van der Waals surface area contributed by atoms with Gasteiger partial charge in [0.15, 0.2) is 0 Å². The molecule has 0 saturated heterocycles. The van der Waals surface area contributed by atoms with Crippen LogP contribution in [-0.2, 0) is 6.54 Å². The van der Waals surface area contributed by atoms with Crippen LogP contribution < -0.4 is 16.6 Å². The Balaban J connectivity index is 2.85. The maximum atomic E-state index is 11.7. The van der Waals surface area contributed by atoms with Crippen molar-refractivity contribution in [3.8, 4) is 0 Å². The van der Waals surface area contributed by atoms with E-state index in [1.807, 2.05) is 0 Å². The van der Waals surface area contributed by atoms with Crippen molar-refractivity contribution in [2.75, 3.05) is 18.4 Å². The molecule has 0 spiro atoms. The van der Waals surface area contributed by atoms with E-state index in [4.69, 9.17) is 17.3 Å². The van der Waals surface area contributed by atoms with Gasteiger partial charge >= 0.3 is 0 Å². The van der Waals surface area contributed by atoms with Gasteiger partial charge in [0.1, 0.15) is 5.02 Å². The minimum Gasteiger partial charge on any atom is -0.382 e. The van der Waals surface area contributed by atoms with E-state index in [0.717, 1.165) is 6.42 Å². The van der Waals surface area contributed by atoms with Crippen LogP contribution in [0.5, 0.6) is 0 Å². The Morgan fingerprint density at radius 1 is 1.69 bits per heavy atom. The Kier molecular flexibility index (Phi) is 5.01. The third-order valence-electron chi connectivity index (χ3n) is 1.98. The second-order valence-corrected chi connectivity index (χ2v) is 3.60. The van der Waals surface area contributed by atoms with Crippen molar-refractivity contribution in [3.63, 3.8) is 0 Å². The summed E-state index contributed by atoms with van der Waals surface area (Å²) in [4.78, 5) is 11.7. The molecule has 1 rings (SSSR count). The van der Waals surface area contributed by atoms with Gasteiger partial charge in [-0.05, 0) is 13.0 Å². The Hall–Kier alpha value is -1.33. The minimum atomic E-state index is -0.320. The molecule has 1 aromatic rings. The molecular formula is C10H15ClN4O. The average molecular weight is 243 g/mol. The van der Waals surface area contributed by atoms with E-state index in [9.17, 15) is 4.79 Å². The highest BCUT2D eigenvalue weighted by Crippen LogP contribution is 2.14. The summed E-state index contributed by atoms with van der Waals surface area (Å²) in [6, 6.07) is 0. The van der Waals surface area contributed by atoms with Gasteiger partial charge in [0.2, 0.25) is 0 Å². The summed E-state index contributed by atoms with van der Waals surface area (Å²) >= 11 is 5.91. The van der Waals surface area contributed by atoms with Gasteiger partial charge in [-0.15, -0.1) is 6.58 Å². The van der Waals surface area contributed by atoms with Crippen LogP contribution in [-0.4, -0.2) is 22.9 Å². The van der Waals surface area contributed by atoms with Gasteiger partial charge in [-0.1, -0.05) is 17.7 Å². The molecule has 0 atom stereocenters. The summed E-state index contributed by atoms with van der Waals surface area (Å²) in [7, 11) is 0. The maximum Gasteiger partial charge on any atom is 0.287 e. The van der Waals surface area contributed by atoms with Crippen LogP contribution in [0.25, 0.3) is 0 Å². The van der Waals surface area contributed by atoms with Gasteiger partial charge in [0, 0.05) is 6.54 Å². The highest BCUT2D eigenvalue weighted by Gasteiger charge is 2.07. The molecule has 88 valence electrons. The predicted octanol–water partition coefficient (Wildman–Crippen LogP) is 0.843. The number of hydrogen-bond acceptors (Lipinski definition) is 4. The molecule has 0 amide bonds. The van der Waals surface area contributed by atoms with Crippen LogP contribution in [0.1, 0.15) is 6.42 Å². The Morgan fingerprint density at radius 2 is 2.44 bits per heavy atom. The number of allylic oxidation sites excluding steroid dienone is 1. The SMILES string of the molecule is C=CCn1ncc(NCCCN)c(Cl)c1=O. The van der Waals surface area contributed by atoms with Crippen molar-refractivity contribution < 1.29 is 0 Å². The normalized spacial score (nSPS) is 10.1. The molecule has 1 heterocycles. The Morgan fingerprint density at radius 3 is 3.06 bits per heavy atom. The van der Waals surface area contributed by atoms with Crippen LogP contribution in [0.15, 0.2) is 23.6 Å². The molecule has 5 nitrogen and oxygen atoms in total. The van der Waals surface area contributed by atoms with E-state index in [2.05, 4.69) is 17.0 Å². The van der Waals surface area contributed by atoms with Gasteiger partial charge in [-0.2, -0.15) is 5.10 Å². The first-order valence-electron chi connectivity index (χ1n) is 5.01. The fourth-order valence-corrected chi connectivity index (χ4v) is 1.38. The molecule has 1 aromatic heterocycles. The second-order valence-electron chi connectivity index (χ2n) is 3.22. The van der Waals surface area contributed by atoms with Gasteiger partial charge in [0.25, 0.3) is 5.56 Å². The Bertz CT molecular complexity index is 416. The molecular weight excluding hydrogens is 228 g/mol. The first-order chi connectivity index (χ1) is 7.70. The fourth-order valence-electron chi connectivity index (χ4n) is 1.17. The van der Waals surface area contributed by atoms with Crippen molar-refractivity contribution in [3.05, 3.63) is 34.2 Å². The quantitative estimate of drug-likeness (QED) is 0.573. The van der Waals surface area contributed by atoms with Crippen molar-refractivity contribution in [2.24, 2.45) is 5.73 Å². The molecule has 0 aliphatic rings. The number of hydrogen-bond donors (Lipinski definition) is 2. The average Bonchev–Trinajstić information content (AvgIpc) is 2.28. The van der Waals surface area contributed by atoms with E-state index in [-0.39, 0.29) is 10.6 Å². The zero-order chi connectivity index (χ0) is 12.0. The monoisotopic (exact) mass is 242 g/mol. The summed E-state index contributed by atoms with van der Waals surface area (Å²) < 4.78 is 1.25. The zero-order valence-corrected chi connectivity index (χ0v) is 9.70. The van der Waals surface area contributed by atoms with Crippen LogP contribution in [0, 0.1) is 0 Å². The molecule has 3 N–H and O–H groups in total.